The topological polar surface area (TPSA) is 48.0 Å². The lowest BCUT2D eigenvalue weighted by Gasteiger charge is -2.23. The maximum absolute atomic E-state index is 12.7. The third-order valence-corrected chi connectivity index (χ3v) is 8.13. The Morgan fingerprint density at radius 1 is 1.08 bits per heavy atom. The molecule has 1 aliphatic rings. The summed E-state index contributed by atoms with van der Waals surface area (Å²) < 4.78 is 17.6. The van der Waals surface area contributed by atoms with E-state index in [1.54, 1.807) is 0 Å². The zero-order valence-corrected chi connectivity index (χ0v) is 24.4. The molecule has 0 N–H and O–H groups in total. The average Bonchev–Trinajstić information content (AvgIpc) is 3.20. The van der Waals surface area contributed by atoms with Gasteiger partial charge in [0.1, 0.15) is 28.7 Å². The molecule has 0 saturated heterocycles. The van der Waals surface area contributed by atoms with Crippen LogP contribution in [0.25, 0.3) is 0 Å². The molecule has 2 heterocycles. The molecule has 0 amide bonds. The number of alkyl halides is 2. The Hall–Kier alpha value is -2.38. The van der Waals surface area contributed by atoms with Crippen molar-refractivity contribution in [2.75, 3.05) is 23.8 Å². The van der Waals surface area contributed by atoms with E-state index in [4.69, 9.17) is 49.0 Å². The Morgan fingerprint density at radius 2 is 1.84 bits per heavy atom. The summed E-state index contributed by atoms with van der Waals surface area (Å²) in [6.45, 7) is 1.91. The predicted octanol–water partition coefficient (Wildman–Crippen LogP) is 8.93. The number of benzene rings is 2. The summed E-state index contributed by atoms with van der Waals surface area (Å²) in [5, 5.41) is 1.43. The van der Waals surface area contributed by atoms with Crippen molar-refractivity contribution in [2.24, 2.45) is 0 Å². The molecule has 0 aliphatic carbocycles. The minimum absolute atomic E-state index is 0.0585. The van der Waals surface area contributed by atoms with Crippen LogP contribution in [-0.4, -0.2) is 30.9 Å². The highest BCUT2D eigenvalue weighted by Gasteiger charge is 2.25. The van der Waals surface area contributed by atoms with Gasteiger partial charge >= 0.3 is 5.97 Å². The highest BCUT2D eigenvalue weighted by Crippen LogP contribution is 2.44. The van der Waals surface area contributed by atoms with Crippen molar-refractivity contribution in [1.82, 2.24) is 0 Å². The smallest absolute Gasteiger partial charge is 0.351 e. The molecule has 0 bridgehead atoms. The van der Waals surface area contributed by atoms with Crippen LogP contribution in [0.5, 0.6) is 11.5 Å². The summed E-state index contributed by atoms with van der Waals surface area (Å²) in [5.41, 5.74) is 2.99. The van der Waals surface area contributed by atoms with E-state index < -0.39 is 5.97 Å². The van der Waals surface area contributed by atoms with E-state index in [9.17, 15) is 4.79 Å². The van der Waals surface area contributed by atoms with E-state index in [0.717, 1.165) is 34.8 Å². The largest absolute Gasteiger partial charge is 0.490 e. The van der Waals surface area contributed by atoms with Crippen LogP contribution in [0.15, 0.2) is 60.8 Å². The van der Waals surface area contributed by atoms with Gasteiger partial charge in [-0.2, -0.15) is 0 Å². The number of hydrogen-bond donors (Lipinski definition) is 0. The van der Waals surface area contributed by atoms with Crippen LogP contribution in [0.2, 0.25) is 5.02 Å². The standard InChI is InChI=1S/C29H30Cl3NO4S/c1-19(23-8-3-4-9-24(23)32)36-26-18-27(38-28(26)29(34)35-2)33-16-6-5-7-20-10-11-22(17-25(20)33)37-21(12-14-30)13-15-31/h3-4,6,8-11,16-19,21H,5,7,12-15H2,1-2H3/t19-/m1/s1. The van der Waals surface area contributed by atoms with Gasteiger partial charge in [-0.1, -0.05) is 41.9 Å². The molecule has 5 nitrogen and oxygen atoms in total. The van der Waals surface area contributed by atoms with Crippen molar-refractivity contribution in [3.05, 3.63) is 81.8 Å². The Labute approximate surface area is 242 Å². The van der Waals surface area contributed by atoms with Crippen LogP contribution in [-0.2, 0) is 11.2 Å². The molecule has 0 radical (unpaired) electrons. The maximum atomic E-state index is 12.7. The molecule has 3 aromatic rings. The van der Waals surface area contributed by atoms with Crippen LogP contribution >= 0.6 is 46.1 Å². The second kappa shape index (κ2) is 13.6. The highest BCUT2D eigenvalue weighted by molar-refractivity contribution is 7.18. The number of thiophene rings is 1. The van der Waals surface area contributed by atoms with Crippen molar-refractivity contribution < 1.29 is 19.0 Å². The molecule has 0 fully saturated rings. The minimum Gasteiger partial charge on any atom is -0.490 e. The van der Waals surface area contributed by atoms with Crippen molar-refractivity contribution in [2.45, 2.75) is 44.8 Å². The molecule has 1 aliphatic heterocycles. The average molecular weight is 595 g/mol. The molecule has 38 heavy (non-hydrogen) atoms. The molecule has 9 heteroatoms. The molecule has 202 valence electrons. The third-order valence-electron chi connectivity index (χ3n) is 6.26. The first-order valence-electron chi connectivity index (χ1n) is 12.5. The van der Waals surface area contributed by atoms with Gasteiger partial charge in [-0.15, -0.1) is 34.5 Å². The molecule has 0 unspecified atom stereocenters. The number of rotatable bonds is 11. The van der Waals surface area contributed by atoms with Gasteiger partial charge < -0.3 is 19.1 Å². The number of halogens is 3. The zero-order valence-electron chi connectivity index (χ0n) is 21.3. The van der Waals surface area contributed by atoms with Crippen LogP contribution in [0.3, 0.4) is 0 Å². The van der Waals surface area contributed by atoms with Gasteiger partial charge in [0.25, 0.3) is 0 Å². The SMILES string of the molecule is COC(=O)c1sc(N2C=CCCc3ccc(OC(CCCl)CCCl)cc32)cc1O[C@H](C)c1ccccc1Cl. The van der Waals surface area contributed by atoms with Gasteiger partial charge in [0, 0.05) is 40.7 Å². The van der Waals surface area contributed by atoms with Crippen molar-refractivity contribution in [1.29, 1.82) is 0 Å². The van der Waals surface area contributed by atoms with E-state index in [1.165, 1.54) is 24.0 Å². The molecule has 0 spiro atoms. The lowest BCUT2D eigenvalue weighted by atomic mass is 10.1. The first-order valence-corrected chi connectivity index (χ1v) is 14.7. The molecular formula is C29H30Cl3NO4S. The minimum atomic E-state index is -0.455. The van der Waals surface area contributed by atoms with Crippen LogP contribution in [0.1, 0.15) is 53.1 Å². The normalized spacial score (nSPS) is 13.7. The number of carbonyl (C=O) groups is 1. The number of nitrogens with zero attached hydrogens (tertiary/aromatic N) is 1. The van der Waals surface area contributed by atoms with Crippen LogP contribution < -0.4 is 14.4 Å². The van der Waals surface area contributed by atoms with Crippen molar-refractivity contribution in [3.63, 3.8) is 0 Å². The number of hydrogen-bond acceptors (Lipinski definition) is 6. The van der Waals surface area contributed by atoms with Gasteiger partial charge in [-0.05, 0) is 50.3 Å². The number of ether oxygens (including phenoxy) is 3. The summed E-state index contributed by atoms with van der Waals surface area (Å²) >= 11 is 19.7. The summed E-state index contributed by atoms with van der Waals surface area (Å²) in [6.07, 6.45) is 6.93. The summed E-state index contributed by atoms with van der Waals surface area (Å²) in [4.78, 5) is 15.2. The Morgan fingerprint density at radius 3 is 2.55 bits per heavy atom. The molecule has 1 aromatic heterocycles. The molecular weight excluding hydrogens is 565 g/mol. The first kappa shape index (κ1) is 28.6. The van der Waals surface area contributed by atoms with Crippen LogP contribution in [0.4, 0.5) is 10.7 Å². The fourth-order valence-electron chi connectivity index (χ4n) is 4.30. The quantitative estimate of drug-likeness (QED) is 0.164. The first-order chi connectivity index (χ1) is 18.4. The van der Waals surface area contributed by atoms with E-state index >= 15 is 0 Å². The Balaban J connectivity index is 1.69. The lowest BCUT2D eigenvalue weighted by molar-refractivity contribution is 0.0600. The van der Waals surface area contributed by atoms with Gasteiger partial charge in [-0.3, -0.25) is 0 Å². The number of carbonyl (C=O) groups excluding carboxylic acids is 1. The maximum Gasteiger partial charge on any atom is 0.351 e. The van der Waals surface area contributed by atoms with Crippen molar-refractivity contribution >= 4 is 62.8 Å². The van der Waals surface area contributed by atoms with Crippen LogP contribution in [0, 0.1) is 0 Å². The molecule has 1 atom stereocenters. The summed E-state index contributed by atoms with van der Waals surface area (Å²) in [7, 11) is 1.37. The van der Waals surface area contributed by atoms with E-state index in [0.29, 0.717) is 40.3 Å². The Bertz CT molecular complexity index is 1270. The second-order valence-electron chi connectivity index (χ2n) is 8.83. The van der Waals surface area contributed by atoms with Crippen molar-refractivity contribution in [3.8, 4) is 11.5 Å². The number of allylic oxidation sites excluding steroid dienone is 1. The van der Waals surface area contributed by atoms with Gasteiger partial charge in [0.2, 0.25) is 0 Å². The zero-order chi connectivity index (χ0) is 27.1. The third kappa shape index (κ3) is 6.78. The monoisotopic (exact) mass is 593 g/mol. The number of methoxy groups -OCH3 is 1. The lowest BCUT2D eigenvalue weighted by Crippen LogP contribution is -2.18. The summed E-state index contributed by atoms with van der Waals surface area (Å²) in [6, 6.07) is 15.5. The number of anilines is 2. The fourth-order valence-corrected chi connectivity index (χ4v) is 6.09. The second-order valence-corrected chi connectivity index (χ2v) is 11.0. The van der Waals surface area contributed by atoms with E-state index in [-0.39, 0.29) is 12.2 Å². The fraction of sp³-hybridized carbons (Fsp3) is 0.345. The molecule has 0 saturated carbocycles. The number of aryl methyl sites for hydroxylation is 1. The number of esters is 1. The Kier molecular flexibility index (Phi) is 10.3. The van der Waals surface area contributed by atoms with Gasteiger partial charge in [-0.25, -0.2) is 4.79 Å². The predicted molar refractivity (Wildman–Crippen MR) is 157 cm³/mol. The van der Waals surface area contributed by atoms with E-state index in [2.05, 4.69) is 17.0 Å². The highest BCUT2D eigenvalue weighted by atomic mass is 35.5. The van der Waals surface area contributed by atoms with E-state index in [1.807, 2.05) is 55.6 Å². The molecule has 2 aromatic carbocycles. The van der Waals surface area contributed by atoms with Gasteiger partial charge in [0.15, 0.2) is 4.88 Å². The summed E-state index contributed by atoms with van der Waals surface area (Å²) in [5.74, 6) is 1.74. The van der Waals surface area contributed by atoms with Gasteiger partial charge in [0.05, 0.1) is 12.8 Å². The number of fused-ring (bicyclic) bond motifs is 1. The molecule has 4 rings (SSSR count).